The lowest BCUT2D eigenvalue weighted by atomic mass is 10.1. The molecule has 0 aliphatic carbocycles. The van der Waals surface area contributed by atoms with E-state index in [9.17, 15) is 9.59 Å². The summed E-state index contributed by atoms with van der Waals surface area (Å²) in [6.45, 7) is 0.821. The summed E-state index contributed by atoms with van der Waals surface area (Å²) in [5, 5.41) is 11.8. The van der Waals surface area contributed by atoms with E-state index in [0.717, 1.165) is 11.1 Å². The van der Waals surface area contributed by atoms with Crippen molar-refractivity contribution >= 4 is 5.91 Å². The summed E-state index contributed by atoms with van der Waals surface area (Å²) in [5.74, 6) is -0.100. The van der Waals surface area contributed by atoms with Crippen LogP contribution in [0.3, 0.4) is 0 Å². The van der Waals surface area contributed by atoms with Gasteiger partial charge in [0.15, 0.2) is 0 Å². The maximum atomic E-state index is 11.8. The van der Waals surface area contributed by atoms with E-state index in [2.05, 4.69) is 5.32 Å². The minimum atomic E-state index is -0.107. The van der Waals surface area contributed by atoms with Crippen molar-refractivity contribution < 1.29 is 9.90 Å². The first-order valence-corrected chi connectivity index (χ1v) is 6.80. The third-order valence-electron chi connectivity index (χ3n) is 3.17. The Kier molecular flexibility index (Phi) is 5.29. The Labute approximate surface area is 122 Å². The highest BCUT2D eigenvalue weighted by Crippen LogP contribution is 2.04. The van der Waals surface area contributed by atoms with Crippen LogP contribution in [0, 0.1) is 0 Å². The second kappa shape index (κ2) is 7.40. The second-order valence-corrected chi connectivity index (χ2v) is 4.73. The second-order valence-electron chi connectivity index (χ2n) is 4.73. The van der Waals surface area contributed by atoms with Crippen LogP contribution in [0.25, 0.3) is 0 Å². The maximum absolute atomic E-state index is 11.8. The molecule has 5 heteroatoms. The monoisotopic (exact) mass is 286 g/mol. The van der Waals surface area contributed by atoms with Crippen molar-refractivity contribution in [2.45, 2.75) is 26.1 Å². The van der Waals surface area contributed by atoms with Crippen molar-refractivity contribution in [2.75, 3.05) is 0 Å². The fourth-order valence-electron chi connectivity index (χ4n) is 1.92. The van der Waals surface area contributed by atoms with E-state index in [-0.39, 0.29) is 24.5 Å². The summed E-state index contributed by atoms with van der Waals surface area (Å²) >= 11 is 0. The highest BCUT2D eigenvalue weighted by atomic mass is 16.3. The summed E-state index contributed by atoms with van der Waals surface area (Å²) in [5.41, 5.74) is 1.70. The number of pyridine rings is 1. The van der Waals surface area contributed by atoms with Crippen LogP contribution in [0.1, 0.15) is 17.5 Å². The van der Waals surface area contributed by atoms with Gasteiger partial charge in [0.25, 0.3) is 5.56 Å². The molecule has 2 rings (SSSR count). The van der Waals surface area contributed by atoms with Crippen molar-refractivity contribution in [2.24, 2.45) is 0 Å². The van der Waals surface area contributed by atoms with E-state index in [1.165, 1.54) is 10.6 Å². The maximum Gasteiger partial charge on any atom is 0.250 e. The quantitative estimate of drug-likeness (QED) is 0.833. The number of aliphatic hydroxyl groups excluding tert-OH is 1. The largest absolute Gasteiger partial charge is 0.392 e. The van der Waals surface area contributed by atoms with Crippen LogP contribution in [0.15, 0.2) is 53.5 Å². The molecule has 0 bridgehead atoms. The molecule has 0 saturated carbocycles. The average Bonchev–Trinajstić information content (AvgIpc) is 2.52. The fourth-order valence-corrected chi connectivity index (χ4v) is 1.92. The molecule has 2 aromatic rings. The van der Waals surface area contributed by atoms with E-state index in [1.807, 2.05) is 24.3 Å². The van der Waals surface area contributed by atoms with E-state index in [0.29, 0.717) is 13.1 Å². The molecule has 1 heterocycles. The van der Waals surface area contributed by atoms with Crippen molar-refractivity contribution in [3.63, 3.8) is 0 Å². The number of aliphatic hydroxyl groups is 1. The van der Waals surface area contributed by atoms with Gasteiger partial charge in [-0.25, -0.2) is 0 Å². The number of nitrogens with one attached hydrogen (secondary N) is 1. The van der Waals surface area contributed by atoms with Gasteiger partial charge < -0.3 is 15.0 Å². The lowest BCUT2D eigenvalue weighted by molar-refractivity contribution is -0.121. The van der Waals surface area contributed by atoms with Crippen molar-refractivity contribution in [1.82, 2.24) is 9.88 Å². The predicted molar refractivity (Wildman–Crippen MR) is 79.5 cm³/mol. The first kappa shape index (κ1) is 15.0. The topological polar surface area (TPSA) is 71.3 Å². The highest BCUT2D eigenvalue weighted by molar-refractivity contribution is 5.75. The van der Waals surface area contributed by atoms with Crippen molar-refractivity contribution in [3.05, 3.63) is 70.1 Å². The number of nitrogens with zero attached hydrogens (tertiary/aromatic N) is 1. The van der Waals surface area contributed by atoms with Gasteiger partial charge in [0, 0.05) is 31.8 Å². The Morgan fingerprint density at radius 2 is 1.81 bits per heavy atom. The Bertz CT molecular complexity index is 647. The van der Waals surface area contributed by atoms with Gasteiger partial charge in [0.1, 0.15) is 0 Å². The Balaban J connectivity index is 1.79. The van der Waals surface area contributed by atoms with E-state index >= 15 is 0 Å². The molecule has 5 nitrogen and oxygen atoms in total. The van der Waals surface area contributed by atoms with Gasteiger partial charge in [0.2, 0.25) is 5.91 Å². The number of amides is 1. The Hall–Kier alpha value is -2.40. The zero-order chi connectivity index (χ0) is 15.1. The fraction of sp³-hybridized carbons (Fsp3) is 0.250. The summed E-state index contributed by atoms with van der Waals surface area (Å²) in [4.78, 5) is 23.2. The number of hydrogen-bond donors (Lipinski definition) is 2. The van der Waals surface area contributed by atoms with Crippen LogP contribution < -0.4 is 10.9 Å². The first-order chi connectivity index (χ1) is 10.2. The van der Waals surface area contributed by atoms with Crippen LogP contribution in [0.5, 0.6) is 0 Å². The lowest BCUT2D eigenvalue weighted by Gasteiger charge is -2.07. The smallest absolute Gasteiger partial charge is 0.250 e. The zero-order valence-electron chi connectivity index (χ0n) is 11.7. The number of rotatable bonds is 6. The molecule has 1 aromatic heterocycles. The molecule has 110 valence electrons. The van der Waals surface area contributed by atoms with Crippen LogP contribution in [-0.4, -0.2) is 15.6 Å². The third-order valence-corrected chi connectivity index (χ3v) is 3.17. The van der Waals surface area contributed by atoms with Crippen LogP contribution in [-0.2, 0) is 24.5 Å². The van der Waals surface area contributed by atoms with Gasteiger partial charge in [0.05, 0.1) is 6.61 Å². The molecule has 0 fully saturated rings. The summed E-state index contributed by atoms with van der Waals surface area (Å²) < 4.78 is 1.51. The number of carbonyl (C=O) groups excluding carboxylic acids is 1. The number of aromatic nitrogens is 1. The summed E-state index contributed by atoms with van der Waals surface area (Å²) in [7, 11) is 0. The molecule has 1 aromatic carbocycles. The van der Waals surface area contributed by atoms with Gasteiger partial charge in [-0.15, -0.1) is 0 Å². The normalized spacial score (nSPS) is 10.3. The zero-order valence-corrected chi connectivity index (χ0v) is 11.7. The molecular formula is C16H18N2O3. The standard InChI is InChI=1S/C16H18N2O3/c19-12-14-6-4-13(5-7-14)11-17-15(20)8-10-18-9-2-1-3-16(18)21/h1-7,9,19H,8,10-12H2,(H,17,20). The predicted octanol–water partition coefficient (Wildman–Crippen LogP) is 1.05. The Morgan fingerprint density at radius 3 is 2.48 bits per heavy atom. The minimum Gasteiger partial charge on any atom is -0.392 e. The number of hydrogen-bond acceptors (Lipinski definition) is 3. The van der Waals surface area contributed by atoms with Crippen LogP contribution in [0.2, 0.25) is 0 Å². The molecule has 1 amide bonds. The van der Waals surface area contributed by atoms with Gasteiger partial charge in [-0.05, 0) is 17.2 Å². The first-order valence-electron chi connectivity index (χ1n) is 6.80. The molecule has 0 aliphatic rings. The SMILES string of the molecule is O=C(CCn1ccccc1=O)NCc1ccc(CO)cc1. The molecule has 0 radical (unpaired) electrons. The molecular weight excluding hydrogens is 268 g/mol. The summed E-state index contributed by atoms with van der Waals surface area (Å²) in [6.07, 6.45) is 1.93. The van der Waals surface area contributed by atoms with Gasteiger partial charge in [-0.1, -0.05) is 30.3 Å². The molecule has 2 N–H and O–H groups in total. The average molecular weight is 286 g/mol. The third kappa shape index (κ3) is 4.57. The molecule has 0 aliphatic heterocycles. The molecule has 0 unspecified atom stereocenters. The van der Waals surface area contributed by atoms with Crippen molar-refractivity contribution in [1.29, 1.82) is 0 Å². The molecule has 21 heavy (non-hydrogen) atoms. The van der Waals surface area contributed by atoms with Gasteiger partial charge in [-0.2, -0.15) is 0 Å². The molecule has 0 spiro atoms. The van der Waals surface area contributed by atoms with Crippen LogP contribution in [0.4, 0.5) is 0 Å². The van der Waals surface area contributed by atoms with Gasteiger partial charge in [-0.3, -0.25) is 9.59 Å². The summed E-state index contributed by atoms with van der Waals surface area (Å²) in [6, 6.07) is 12.3. The molecule has 0 saturated heterocycles. The minimum absolute atomic E-state index is 0.0124. The molecule has 0 atom stereocenters. The van der Waals surface area contributed by atoms with E-state index < -0.39 is 0 Å². The van der Waals surface area contributed by atoms with Crippen LogP contribution >= 0.6 is 0 Å². The van der Waals surface area contributed by atoms with Crippen molar-refractivity contribution in [3.8, 4) is 0 Å². The number of benzene rings is 1. The van der Waals surface area contributed by atoms with E-state index in [1.54, 1.807) is 18.3 Å². The highest BCUT2D eigenvalue weighted by Gasteiger charge is 2.03. The number of aryl methyl sites for hydroxylation is 1. The van der Waals surface area contributed by atoms with Gasteiger partial charge >= 0.3 is 0 Å². The van der Waals surface area contributed by atoms with E-state index in [4.69, 9.17) is 5.11 Å². The lowest BCUT2D eigenvalue weighted by Crippen LogP contribution is -2.26. The number of carbonyl (C=O) groups is 1. The Morgan fingerprint density at radius 1 is 1.10 bits per heavy atom.